The lowest BCUT2D eigenvalue weighted by atomic mass is 10.1. The van der Waals surface area contributed by atoms with E-state index in [1.807, 2.05) is 0 Å². The number of aromatic amines is 1. The van der Waals surface area contributed by atoms with E-state index in [-0.39, 0.29) is 21.8 Å². The average Bonchev–Trinajstić information content (AvgIpc) is 2.89. The Morgan fingerprint density at radius 2 is 2.18 bits per heavy atom. The molecule has 0 unspecified atom stereocenters. The molecule has 0 saturated carbocycles. The van der Waals surface area contributed by atoms with E-state index in [0.29, 0.717) is 5.56 Å². The largest absolute Gasteiger partial charge is 0.417 e. The maximum atomic E-state index is 12.7. The summed E-state index contributed by atoms with van der Waals surface area (Å²) in [5.74, 6) is -0.720. The van der Waals surface area contributed by atoms with E-state index in [1.165, 1.54) is 12.1 Å². The number of benzene rings is 1. The SMILES string of the molecule is N#Cc1nc(-c2ccc(Cl)c3[nH]c(=O)oc23)cnc1C(F)F. The Hall–Kier alpha value is -2.79. The maximum absolute atomic E-state index is 12.7. The zero-order valence-electron chi connectivity index (χ0n) is 10.6. The number of oxazole rings is 1. The molecule has 2 aromatic heterocycles. The van der Waals surface area contributed by atoms with Crippen LogP contribution < -0.4 is 5.76 Å². The van der Waals surface area contributed by atoms with Crippen LogP contribution in [0.2, 0.25) is 5.02 Å². The van der Waals surface area contributed by atoms with Crippen LogP contribution in [0.4, 0.5) is 8.78 Å². The van der Waals surface area contributed by atoms with Crippen molar-refractivity contribution < 1.29 is 13.2 Å². The molecule has 0 fully saturated rings. The molecule has 0 aliphatic carbocycles. The molecule has 9 heteroatoms. The van der Waals surface area contributed by atoms with Crippen LogP contribution in [0.5, 0.6) is 0 Å². The Morgan fingerprint density at radius 3 is 2.86 bits per heavy atom. The molecule has 0 bridgehead atoms. The molecule has 3 rings (SSSR count). The average molecular weight is 323 g/mol. The second-order valence-electron chi connectivity index (χ2n) is 4.22. The molecule has 0 aliphatic rings. The highest BCUT2D eigenvalue weighted by Crippen LogP contribution is 2.31. The van der Waals surface area contributed by atoms with Crippen molar-refractivity contribution in [2.24, 2.45) is 0 Å². The van der Waals surface area contributed by atoms with Crippen LogP contribution in [0.3, 0.4) is 0 Å². The minimum absolute atomic E-state index is 0.112. The normalized spacial score (nSPS) is 11.0. The third-order valence-electron chi connectivity index (χ3n) is 2.92. The summed E-state index contributed by atoms with van der Waals surface area (Å²) < 4.78 is 30.4. The van der Waals surface area contributed by atoms with Gasteiger partial charge in [0, 0.05) is 5.56 Å². The first-order chi connectivity index (χ1) is 10.5. The zero-order valence-corrected chi connectivity index (χ0v) is 11.4. The van der Waals surface area contributed by atoms with Crippen LogP contribution in [0.25, 0.3) is 22.4 Å². The number of hydrogen-bond acceptors (Lipinski definition) is 5. The van der Waals surface area contributed by atoms with Gasteiger partial charge in [0.2, 0.25) is 0 Å². The second kappa shape index (κ2) is 5.20. The number of aromatic nitrogens is 3. The van der Waals surface area contributed by atoms with Crippen LogP contribution in [-0.2, 0) is 0 Å². The van der Waals surface area contributed by atoms with E-state index < -0.39 is 23.6 Å². The minimum atomic E-state index is -2.91. The number of rotatable bonds is 2. The molecule has 0 radical (unpaired) electrons. The first kappa shape index (κ1) is 14.2. The summed E-state index contributed by atoms with van der Waals surface area (Å²) in [5, 5.41) is 9.17. The summed E-state index contributed by atoms with van der Waals surface area (Å²) in [6.45, 7) is 0. The van der Waals surface area contributed by atoms with Crippen LogP contribution in [0, 0.1) is 11.3 Å². The fourth-order valence-corrected chi connectivity index (χ4v) is 2.17. The highest BCUT2D eigenvalue weighted by atomic mass is 35.5. The van der Waals surface area contributed by atoms with Gasteiger partial charge in [-0.05, 0) is 12.1 Å². The fourth-order valence-electron chi connectivity index (χ4n) is 1.97. The van der Waals surface area contributed by atoms with Crippen molar-refractivity contribution in [1.29, 1.82) is 5.26 Å². The van der Waals surface area contributed by atoms with Crippen molar-refractivity contribution in [2.45, 2.75) is 6.43 Å². The number of hydrogen-bond donors (Lipinski definition) is 1. The Labute approximate surface area is 126 Å². The smallest absolute Gasteiger partial charge is 0.407 e. The summed E-state index contributed by atoms with van der Waals surface area (Å²) in [6.07, 6.45) is -1.83. The van der Waals surface area contributed by atoms with Gasteiger partial charge in [-0.25, -0.2) is 23.5 Å². The molecule has 0 saturated heterocycles. The molecule has 3 aromatic rings. The Kier molecular flexibility index (Phi) is 3.35. The van der Waals surface area contributed by atoms with E-state index in [9.17, 15) is 13.6 Å². The Morgan fingerprint density at radius 1 is 1.41 bits per heavy atom. The molecule has 1 N–H and O–H groups in total. The third-order valence-corrected chi connectivity index (χ3v) is 3.23. The first-order valence-electron chi connectivity index (χ1n) is 5.88. The van der Waals surface area contributed by atoms with Crippen molar-refractivity contribution in [1.82, 2.24) is 15.0 Å². The summed E-state index contributed by atoms with van der Waals surface area (Å²) in [6, 6.07) is 4.55. The quantitative estimate of drug-likeness (QED) is 0.782. The van der Waals surface area contributed by atoms with E-state index in [2.05, 4.69) is 15.0 Å². The Bertz CT molecular complexity index is 974. The number of nitriles is 1. The molecule has 110 valence electrons. The third kappa shape index (κ3) is 2.21. The van der Waals surface area contributed by atoms with E-state index in [4.69, 9.17) is 21.3 Å². The standard InChI is InChI=1S/C13H5ClF2N4O2/c14-6-2-1-5(11-9(6)20-13(21)22-11)8-4-18-10(12(15)16)7(3-17)19-8/h1-2,4,12H,(H,20,21). The number of halogens is 3. The molecule has 2 heterocycles. The predicted molar refractivity (Wildman–Crippen MR) is 72.5 cm³/mol. The molecular weight excluding hydrogens is 318 g/mol. The number of nitrogens with one attached hydrogen (secondary N) is 1. The summed E-state index contributed by atoms with van der Waals surface area (Å²) in [4.78, 5) is 21.1. The molecule has 0 amide bonds. The van der Waals surface area contributed by atoms with Crippen molar-refractivity contribution in [2.75, 3.05) is 0 Å². The van der Waals surface area contributed by atoms with Crippen molar-refractivity contribution >= 4 is 22.7 Å². The molecule has 0 atom stereocenters. The molecular formula is C13H5ClF2N4O2. The van der Waals surface area contributed by atoms with Gasteiger partial charge in [0.05, 0.1) is 16.9 Å². The number of alkyl halides is 2. The van der Waals surface area contributed by atoms with Gasteiger partial charge in [-0.15, -0.1) is 0 Å². The van der Waals surface area contributed by atoms with Gasteiger partial charge < -0.3 is 4.42 Å². The minimum Gasteiger partial charge on any atom is -0.407 e. The highest BCUT2D eigenvalue weighted by molar-refractivity contribution is 6.35. The highest BCUT2D eigenvalue weighted by Gasteiger charge is 2.19. The lowest BCUT2D eigenvalue weighted by Crippen LogP contribution is -2.00. The van der Waals surface area contributed by atoms with Gasteiger partial charge in [0.1, 0.15) is 17.3 Å². The van der Waals surface area contributed by atoms with Gasteiger partial charge in [-0.3, -0.25) is 4.98 Å². The van der Waals surface area contributed by atoms with E-state index in [0.717, 1.165) is 6.20 Å². The lowest BCUT2D eigenvalue weighted by Gasteiger charge is -2.05. The summed E-state index contributed by atoms with van der Waals surface area (Å²) in [5.41, 5.74) is -0.406. The molecule has 22 heavy (non-hydrogen) atoms. The topological polar surface area (TPSA) is 95.6 Å². The van der Waals surface area contributed by atoms with Crippen LogP contribution >= 0.6 is 11.6 Å². The molecule has 0 spiro atoms. The van der Waals surface area contributed by atoms with E-state index >= 15 is 0 Å². The van der Waals surface area contributed by atoms with Crippen LogP contribution in [0.15, 0.2) is 27.5 Å². The summed E-state index contributed by atoms with van der Waals surface area (Å²) >= 11 is 5.94. The van der Waals surface area contributed by atoms with Gasteiger partial charge in [-0.1, -0.05) is 11.6 Å². The van der Waals surface area contributed by atoms with Crippen molar-refractivity contribution in [3.63, 3.8) is 0 Å². The maximum Gasteiger partial charge on any atom is 0.417 e. The molecule has 1 aromatic carbocycles. The fraction of sp³-hybridized carbons (Fsp3) is 0.0769. The number of nitrogens with zero attached hydrogens (tertiary/aromatic N) is 3. The summed E-state index contributed by atoms with van der Waals surface area (Å²) in [7, 11) is 0. The van der Waals surface area contributed by atoms with Crippen LogP contribution in [0.1, 0.15) is 17.8 Å². The molecule has 6 nitrogen and oxygen atoms in total. The first-order valence-corrected chi connectivity index (χ1v) is 6.26. The van der Waals surface area contributed by atoms with Crippen LogP contribution in [-0.4, -0.2) is 15.0 Å². The van der Waals surface area contributed by atoms with Gasteiger partial charge in [0.15, 0.2) is 11.3 Å². The van der Waals surface area contributed by atoms with Gasteiger partial charge >= 0.3 is 5.76 Å². The van der Waals surface area contributed by atoms with Crippen molar-refractivity contribution in [3.8, 4) is 17.3 Å². The predicted octanol–water partition coefficient (Wildman–Crippen LogP) is 3.04. The zero-order chi connectivity index (χ0) is 15.9. The number of H-pyrrole nitrogens is 1. The Balaban J connectivity index is 2.27. The number of fused-ring (bicyclic) bond motifs is 1. The molecule has 0 aliphatic heterocycles. The van der Waals surface area contributed by atoms with Gasteiger partial charge in [0.25, 0.3) is 6.43 Å². The van der Waals surface area contributed by atoms with Crippen molar-refractivity contribution in [3.05, 3.63) is 45.3 Å². The monoisotopic (exact) mass is 322 g/mol. The second-order valence-corrected chi connectivity index (χ2v) is 4.62. The van der Waals surface area contributed by atoms with E-state index in [1.54, 1.807) is 6.07 Å². The lowest BCUT2D eigenvalue weighted by molar-refractivity contribution is 0.145. The van der Waals surface area contributed by atoms with Gasteiger partial charge in [-0.2, -0.15) is 5.26 Å².